The summed E-state index contributed by atoms with van der Waals surface area (Å²) >= 11 is 0.880. The maximum absolute atomic E-state index is 12.5. The first-order valence-electron chi connectivity index (χ1n) is 6.46. The molecule has 0 radical (unpaired) electrons. The van der Waals surface area contributed by atoms with E-state index < -0.39 is 10.0 Å². The van der Waals surface area contributed by atoms with Crippen LogP contribution in [0.2, 0.25) is 0 Å². The number of anilines is 1. The number of ketones is 1. The highest BCUT2D eigenvalue weighted by Crippen LogP contribution is 2.22. The summed E-state index contributed by atoms with van der Waals surface area (Å²) in [6.45, 7) is 1.37. The number of Topliss-reactive ketones (excluding diaryl/α,β-unsaturated/α-hetero) is 1. The van der Waals surface area contributed by atoms with Gasteiger partial charge in [-0.25, -0.2) is 17.7 Å². The van der Waals surface area contributed by atoms with Crippen molar-refractivity contribution in [2.24, 2.45) is 0 Å². The summed E-state index contributed by atoms with van der Waals surface area (Å²) in [5.74, 6) is -0.282. The molecule has 2 rings (SSSR count). The number of carbonyl (C=O) groups excluding carboxylic acids is 2. The van der Waals surface area contributed by atoms with Crippen LogP contribution in [0.5, 0.6) is 0 Å². The largest absolute Gasteiger partial charge is 0.427 e. The first-order chi connectivity index (χ1) is 10.8. The zero-order valence-electron chi connectivity index (χ0n) is 12.4. The van der Waals surface area contributed by atoms with Gasteiger partial charge in [-0.05, 0) is 12.1 Å². The molecule has 1 heterocycles. The van der Waals surface area contributed by atoms with Crippen LogP contribution >= 0.6 is 11.8 Å². The highest BCUT2D eigenvalue weighted by atomic mass is 32.2. The second-order valence-corrected chi connectivity index (χ2v) is 7.66. The van der Waals surface area contributed by atoms with Crippen molar-refractivity contribution in [2.75, 3.05) is 17.1 Å². The molecule has 0 bridgehead atoms. The number of nitrogens with zero attached hydrogens (tertiary/aromatic N) is 2. The Morgan fingerprint density at radius 2 is 2.09 bits per heavy atom. The first-order valence-corrected chi connectivity index (χ1v) is 8.89. The van der Waals surface area contributed by atoms with Crippen molar-refractivity contribution >= 4 is 38.6 Å². The van der Waals surface area contributed by atoms with Gasteiger partial charge in [0, 0.05) is 19.5 Å². The molecule has 0 atom stereocenters. The Labute approximate surface area is 137 Å². The molecule has 0 unspecified atom stereocenters. The molecule has 1 aromatic heterocycles. The Balaban J connectivity index is 2.28. The van der Waals surface area contributed by atoms with Crippen LogP contribution in [0.1, 0.15) is 17.3 Å². The fourth-order valence-electron chi connectivity index (χ4n) is 1.72. The van der Waals surface area contributed by atoms with Gasteiger partial charge in [0.05, 0.1) is 16.8 Å². The standard InChI is InChI=1S/C14H14N2O5S2/c1-10(17)22-8-13(18)11-4-3-5-12(6-11)23(19,20)16(2)14-7-15-9-21-14/h3-7,9H,8H2,1-2H3. The van der Waals surface area contributed by atoms with Gasteiger partial charge < -0.3 is 4.42 Å². The molecule has 122 valence electrons. The van der Waals surface area contributed by atoms with E-state index in [2.05, 4.69) is 4.98 Å². The van der Waals surface area contributed by atoms with Gasteiger partial charge in [-0.3, -0.25) is 9.59 Å². The minimum atomic E-state index is -3.88. The van der Waals surface area contributed by atoms with Crippen LogP contribution in [-0.4, -0.2) is 37.1 Å². The minimum Gasteiger partial charge on any atom is -0.427 e. The Morgan fingerprint density at radius 1 is 1.35 bits per heavy atom. The molecule has 0 N–H and O–H groups in total. The van der Waals surface area contributed by atoms with Crippen molar-refractivity contribution < 1.29 is 22.4 Å². The first kappa shape index (κ1) is 17.2. The highest BCUT2D eigenvalue weighted by molar-refractivity contribution is 8.14. The summed E-state index contributed by atoms with van der Waals surface area (Å²) in [7, 11) is -2.55. The van der Waals surface area contributed by atoms with Gasteiger partial charge >= 0.3 is 0 Å². The lowest BCUT2D eigenvalue weighted by Gasteiger charge is -2.16. The zero-order valence-corrected chi connectivity index (χ0v) is 14.1. The molecule has 0 amide bonds. The Hall–Kier alpha value is -2.13. The van der Waals surface area contributed by atoms with Crippen molar-refractivity contribution in [1.29, 1.82) is 0 Å². The Bertz CT molecular complexity index is 815. The third-order valence-corrected chi connectivity index (χ3v) is 5.51. The Kier molecular flexibility index (Phi) is 5.22. The highest BCUT2D eigenvalue weighted by Gasteiger charge is 2.24. The minimum absolute atomic E-state index is 0.0310. The number of benzene rings is 1. The molecule has 0 aliphatic rings. The maximum Gasteiger partial charge on any atom is 0.266 e. The number of carbonyl (C=O) groups is 2. The number of hydrogen-bond donors (Lipinski definition) is 0. The third-order valence-electron chi connectivity index (χ3n) is 2.95. The summed E-state index contributed by atoms with van der Waals surface area (Å²) in [5.41, 5.74) is 0.228. The Morgan fingerprint density at radius 3 is 2.70 bits per heavy atom. The van der Waals surface area contributed by atoms with Crippen molar-refractivity contribution in [3.8, 4) is 0 Å². The number of hydrogen-bond acceptors (Lipinski definition) is 7. The SMILES string of the molecule is CC(=O)SCC(=O)c1cccc(S(=O)(=O)N(C)c2cnco2)c1. The average molecular weight is 354 g/mol. The van der Waals surface area contributed by atoms with Gasteiger partial charge in [0.15, 0.2) is 17.3 Å². The fourth-order valence-corrected chi connectivity index (χ4v) is 3.39. The van der Waals surface area contributed by atoms with Crippen LogP contribution in [0.25, 0.3) is 0 Å². The molecule has 0 aliphatic heterocycles. The van der Waals surface area contributed by atoms with E-state index in [9.17, 15) is 18.0 Å². The summed E-state index contributed by atoms with van der Waals surface area (Å²) < 4.78 is 31.0. The van der Waals surface area contributed by atoms with E-state index in [1.807, 2.05) is 0 Å². The predicted octanol–water partition coefficient (Wildman–Crippen LogP) is 1.96. The maximum atomic E-state index is 12.5. The quantitative estimate of drug-likeness (QED) is 0.731. The van der Waals surface area contributed by atoms with Gasteiger partial charge in [-0.1, -0.05) is 23.9 Å². The van der Waals surface area contributed by atoms with Gasteiger partial charge in [0.1, 0.15) is 0 Å². The average Bonchev–Trinajstić information content (AvgIpc) is 3.06. The molecule has 0 aliphatic carbocycles. The van der Waals surface area contributed by atoms with Gasteiger partial charge in [0.25, 0.3) is 10.0 Å². The van der Waals surface area contributed by atoms with Crippen LogP contribution in [-0.2, 0) is 14.8 Å². The molecule has 0 fully saturated rings. The molecule has 23 heavy (non-hydrogen) atoms. The van der Waals surface area contributed by atoms with Crippen molar-refractivity contribution in [1.82, 2.24) is 4.98 Å². The number of thioether (sulfide) groups is 1. The molecule has 0 saturated heterocycles. The third kappa shape index (κ3) is 3.99. The van der Waals surface area contributed by atoms with Crippen LogP contribution in [0.4, 0.5) is 5.88 Å². The molecule has 1 aromatic carbocycles. The number of sulfonamides is 1. The molecule has 9 heteroatoms. The second-order valence-electron chi connectivity index (χ2n) is 4.54. The van der Waals surface area contributed by atoms with E-state index >= 15 is 0 Å². The van der Waals surface area contributed by atoms with E-state index in [1.54, 1.807) is 0 Å². The van der Waals surface area contributed by atoms with Crippen LogP contribution < -0.4 is 4.31 Å². The van der Waals surface area contributed by atoms with E-state index in [1.165, 1.54) is 44.4 Å². The molecule has 7 nitrogen and oxygen atoms in total. The number of oxazole rings is 1. The van der Waals surface area contributed by atoms with E-state index in [0.29, 0.717) is 0 Å². The molecule has 2 aromatic rings. The van der Waals surface area contributed by atoms with Crippen molar-refractivity contribution in [3.05, 3.63) is 42.4 Å². The van der Waals surface area contributed by atoms with E-state index in [0.717, 1.165) is 22.5 Å². The summed E-state index contributed by atoms with van der Waals surface area (Å²) in [4.78, 5) is 26.6. The summed E-state index contributed by atoms with van der Waals surface area (Å²) in [5, 5.41) is -0.174. The topological polar surface area (TPSA) is 97.5 Å². The molecular formula is C14H14N2O5S2. The van der Waals surface area contributed by atoms with Gasteiger partial charge in [-0.15, -0.1) is 0 Å². The van der Waals surface area contributed by atoms with Crippen LogP contribution in [0, 0.1) is 0 Å². The van der Waals surface area contributed by atoms with E-state index in [4.69, 9.17) is 4.42 Å². The smallest absolute Gasteiger partial charge is 0.266 e. The number of rotatable bonds is 6. The predicted molar refractivity (Wildman–Crippen MR) is 86.0 cm³/mol. The zero-order chi connectivity index (χ0) is 17.0. The van der Waals surface area contributed by atoms with Crippen LogP contribution in [0.15, 0.2) is 46.2 Å². The second kappa shape index (κ2) is 6.97. The number of aromatic nitrogens is 1. The molecule has 0 saturated carbocycles. The normalized spacial score (nSPS) is 11.2. The molecule has 0 spiro atoms. The lowest BCUT2D eigenvalue weighted by molar-refractivity contribution is -0.109. The summed E-state index contributed by atoms with van der Waals surface area (Å²) in [6.07, 6.45) is 2.40. The van der Waals surface area contributed by atoms with Gasteiger partial charge in [-0.2, -0.15) is 0 Å². The van der Waals surface area contributed by atoms with Crippen LogP contribution in [0.3, 0.4) is 0 Å². The fraction of sp³-hybridized carbons (Fsp3) is 0.214. The lowest BCUT2D eigenvalue weighted by atomic mass is 10.1. The molecular weight excluding hydrogens is 340 g/mol. The van der Waals surface area contributed by atoms with Gasteiger partial charge in [0.2, 0.25) is 5.88 Å². The lowest BCUT2D eigenvalue weighted by Crippen LogP contribution is -2.26. The summed E-state index contributed by atoms with van der Waals surface area (Å²) in [6, 6.07) is 5.66. The van der Waals surface area contributed by atoms with Crippen molar-refractivity contribution in [2.45, 2.75) is 11.8 Å². The van der Waals surface area contributed by atoms with Crippen molar-refractivity contribution in [3.63, 3.8) is 0 Å². The monoisotopic (exact) mass is 354 g/mol. The van der Waals surface area contributed by atoms with E-state index in [-0.39, 0.29) is 33.0 Å².